The smallest absolute Gasteiger partial charge is 0.253 e. The number of benzene rings is 1. The molecule has 4 rings (SSSR count). The molecule has 40 heavy (non-hydrogen) atoms. The van der Waals surface area contributed by atoms with Gasteiger partial charge in [-0.15, -0.1) is 0 Å². The SMILES string of the molecule is CCCCCCCCCC1=NC2(CCN(S(=O)(=O)CCc3ccc(N4C(=O)CC[C@H]4CO)cc3C)CC2)C(=O)N1. The number of aliphatic imine (C=N–C) groups is 1. The van der Waals surface area contributed by atoms with E-state index < -0.39 is 15.6 Å². The van der Waals surface area contributed by atoms with Crippen LogP contribution in [0.2, 0.25) is 0 Å². The van der Waals surface area contributed by atoms with Gasteiger partial charge in [0.15, 0.2) is 0 Å². The lowest BCUT2D eigenvalue weighted by atomic mass is 9.89. The molecule has 1 atom stereocenters. The molecule has 0 aromatic heterocycles. The number of piperidine rings is 1. The van der Waals surface area contributed by atoms with Gasteiger partial charge in [0.05, 0.1) is 18.4 Å². The molecule has 1 aromatic carbocycles. The molecule has 1 spiro atoms. The number of amides is 2. The Morgan fingerprint density at radius 1 is 1.05 bits per heavy atom. The van der Waals surface area contributed by atoms with Gasteiger partial charge < -0.3 is 15.3 Å². The highest BCUT2D eigenvalue weighted by Crippen LogP contribution is 2.32. The number of amidine groups is 1. The zero-order valence-electron chi connectivity index (χ0n) is 24.2. The molecule has 10 heteroatoms. The summed E-state index contributed by atoms with van der Waals surface area (Å²) in [4.78, 5) is 31.6. The molecule has 3 aliphatic rings. The zero-order valence-corrected chi connectivity index (χ0v) is 25.0. The monoisotopic (exact) mass is 574 g/mol. The van der Waals surface area contributed by atoms with E-state index in [0.717, 1.165) is 41.9 Å². The summed E-state index contributed by atoms with van der Waals surface area (Å²) >= 11 is 0. The number of sulfonamides is 1. The highest BCUT2D eigenvalue weighted by molar-refractivity contribution is 7.89. The van der Waals surface area contributed by atoms with Gasteiger partial charge in [-0.25, -0.2) is 12.7 Å². The standard InChI is InChI=1S/C30H46N4O5S/c1-3-4-5-6-7-8-9-10-27-31-29(37)30(32-27)16-18-33(19-17-30)40(38,39)20-15-24-11-12-25(21-23(24)2)34-26(22-35)13-14-28(34)36/h11-12,21,26,35H,3-10,13-20,22H2,1-2H3,(H,31,32,37)/t26-/m0/s1. The van der Waals surface area contributed by atoms with Crippen molar-refractivity contribution in [2.75, 3.05) is 30.3 Å². The van der Waals surface area contributed by atoms with E-state index in [1.54, 1.807) is 4.90 Å². The van der Waals surface area contributed by atoms with Crippen LogP contribution in [0.5, 0.6) is 0 Å². The molecule has 9 nitrogen and oxygen atoms in total. The van der Waals surface area contributed by atoms with Gasteiger partial charge in [-0.1, -0.05) is 51.5 Å². The second-order valence-corrected chi connectivity index (χ2v) is 13.7. The Balaban J connectivity index is 1.27. The van der Waals surface area contributed by atoms with Crippen LogP contribution in [0, 0.1) is 6.92 Å². The molecule has 0 radical (unpaired) electrons. The van der Waals surface area contributed by atoms with E-state index in [-0.39, 0.29) is 30.2 Å². The third kappa shape index (κ3) is 7.12. The Kier molecular flexibility index (Phi) is 10.4. The van der Waals surface area contributed by atoms with Gasteiger partial charge in [0.25, 0.3) is 5.91 Å². The van der Waals surface area contributed by atoms with Crippen LogP contribution >= 0.6 is 0 Å². The Morgan fingerprint density at radius 3 is 2.42 bits per heavy atom. The predicted molar refractivity (Wildman–Crippen MR) is 158 cm³/mol. The number of unbranched alkanes of at least 4 members (excludes halogenated alkanes) is 6. The van der Waals surface area contributed by atoms with Crippen molar-refractivity contribution in [3.8, 4) is 0 Å². The number of hydrogen-bond acceptors (Lipinski definition) is 6. The summed E-state index contributed by atoms with van der Waals surface area (Å²) in [6.07, 6.45) is 11.5. The van der Waals surface area contributed by atoms with Crippen LogP contribution in [0.15, 0.2) is 23.2 Å². The van der Waals surface area contributed by atoms with Crippen molar-refractivity contribution < 1.29 is 23.1 Å². The van der Waals surface area contributed by atoms with Gasteiger partial charge in [-0.2, -0.15) is 0 Å². The summed E-state index contributed by atoms with van der Waals surface area (Å²) in [5.74, 6) is 0.663. The van der Waals surface area contributed by atoms with Crippen molar-refractivity contribution in [1.82, 2.24) is 9.62 Å². The zero-order chi connectivity index (χ0) is 28.8. The minimum Gasteiger partial charge on any atom is -0.394 e. The van der Waals surface area contributed by atoms with Gasteiger partial charge in [-0.05, 0) is 62.3 Å². The Morgan fingerprint density at radius 2 is 1.75 bits per heavy atom. The van der Waals surface area contributed by atoms with Gasteiger partial charge in [0.1, 0.15) is 11.4 Å². The number of nitrogens with one attached hydrogen (secondary N) is 1. The van der Waals surface area contributed by atoms with Crippen molar-refractivity contribution >= 4 is 33.4 Å². The molecule has 2 amide bonds. The van der Waals surface area contributed by atoms with Crippen LogP contribution in [0.25, 0.3) is 0 Å². The quantitative estimate of drug-likeness (QED) is 0.327. The van der Waals surface area contributed by atoms with Gasteiger partial charge in [0, 0.05) is 31.6 Å². The lowest BCUT2D eigenvalue weighted by Crippen LogP contribution is -2.50. The molecule has 3 heterocycles. The van der Waals surface area contributed by atoms with Crippen LogP contribution < -0.4 is 10.2 Å². The van der Waals surface area contributed by atoms with E-state index in [9.17, 15) is 23.1 Å². The highest BCUT2D eigenvalue weighted by atomic mass is 32.2. The molecule has 2 N–H and O–H groups in total. The first-order chi connectivity index (χ1) is 19.2. The van der Waals surface area contributed by atoms with E-state index in [4.69, 9.17) is 4.99 Å². The molecule has 0 aliphatic carbocycles. The molecule has 1 aromatic rings. The summed E-state index contributed by atoms with van der Waals surface area (Å²) in [6, 6.07) is 5.42. The third-order valence-corrected chi connectivity index (χ3v) is 10.6. The molecular formula is C30H46N4O5S. The van der Waals surface area contributed by atoms with Crippen molar-refractivity contribution in [2.45, 2.75) is 109 Å². The summed E-state index contributed by atoms with van der Waals surface area (Å²) < 4.78 is 27.9. The fourth-order valence-corrected chi connectivity index (χ4v) is 7.65. The predicted octanol–water partition coefficient (Wildman–Crippen LogP) is 3.86. The number of carbonyl (C=O) groups excluding carboxylic acids is 2. The van der Waals surface area contributed by atoms with Crippen LogP contribution in [-0.2, 0) is 26.0 Å². The van der Waals surface area contributed by atoms with Crippen molar-refractivity contribution in [1.29, 1.82) is 0 Å². The maximum Gasteiger partial charge on any atom is 0.253 e. The molecule has 0 bridgehead atoms. The number of aryl methyl sites for hydroxylation is 2. The number of nitrogens with zero attached hydrogens (tertiary/aromatic N) is 3. The van der Waals surface area contributed by atoms with Crippen molar-refractivity contribution in [3.63, 3.8) is 0 Å². The van der Waals surface area contributed by atoms with Crippen molar-refractivity contribution in [3.05, 3.63) is 29.3 Å². The van der Waals surface area contributed by atoms with Gasteiger partial charge >= 0.3 is 0 Å². The Bertz CT molecular complexity index is 1190. The summed E-state index contributed by atoms with van der Waals surface area (Å²) in [7, 11) is -3.49. The normalized spacial score (nSPS) is 21.3. The molecule has 2 fully saturated rings. The number of rotatable bonds is 14. The molecule has 0 saturated carbocycles. The lowest BCUT2D eigenvalue weighted by molar-refractivity contribution is -0.125. The van der Waals surface area contributed by atoms with Crippen LogP contribution in [0.1, 0.15) is 95.1 Å². The molecule has 222 valence electrons. The topological polar surface area (TPSA) is 119 Å². The Hall–Kier alpha value is -2.30. The number of anilines is 1. The van der Waals surface area contributed by atoms with E-state index >= 15 is 0 Å². The number of aliphatic hydroxyl groups excluding tert-OH is 1. The van der Waals surface area contributed by atoms with Crippen molar-refractivity contribution in [2.24, 2.45) is 4.99 Å². The second kappa shape index (κ2) is 13.6. The first-order valence-electron chi connectivity index (χ1n) is 15.1. The molecular weight excluding hydrogens is 528 g/mol. The van der Waals surface area contributed by atoms with Crippen LogP contribution in [0.4, 0.5) is 5.69 Å². The van der Waals surface area contributed by atoms with E-state index in [1.807, 2.05) is 25.1 Å². The van der Waals surface area contributed by atoms with Gasteiger partial charge in [0.2, 0.25) is 15.9 Å². The first-order valence-corrected chi connectivity index (χ1v) is 16.7. The fourth-order valence-electron chi connectivity index (χ4n) is 6.18. The summed E-state index contributed by atoms with van der Waals surface area (Å²) in [5, 5.41) is 12.6. The minimum atomic E-state index is -3.49. The highest BCUT2D eigenvalue weighted by Gasteiger charge is 2.47. The third-order valence-electron chi connectivity index (χ3n) is 8.76. The van der Waals surface area contributed by atoms with E-state index in [2.05, 4.69) is 12.2 Å². The average molecular weight is 575 g/mol. The lowest BCUT2D eigenvalue weighted by Gasteiger charge is -2.34. The number of aliphatic hydroxyl groups is 1. The molecule has 2 saturated heterocycles. The van der Waals surface area contributed by atoms with Crippen LogP contribution in [-0.4, -0.2) is 72.5 Å². The van der Waals surface area contributed by atoms with Gasteiger partial charge in [-0.3, -0.25) is 14.6 Å². The maximum absolute atomic E-state index is 13.2. The summed E-state index contributed by atoms with van der Waals surface area (Å²) in [6.45, 7) is 4.65. The fraction of sp³-hybridized carbons (Fsp3) is 0.700. The second-order valence-electron chi connectivity index (χ2n) is 11.6. The largest absolute Gasteiger partial charge is 0.394 e. The maximum atomic E-state index is 13.2. The molecule has 0 unspecified atom stereocenters. The summed E-state index contributed by atoms with van der Waals surface area (Å²) in [5.41, 5.74) is 1.76. The van der Waals surface area contributed by atoms with Crippen LogP contribution in [0.3, 0.4) is 0 Å². The molecule has 3 aliphatic heterocycles. The number of carbonyl (C=O) groups is 2. The van der Waals surface area contributed by atoms with E-state index in [1.165, 1.54) is 36.4 Å². The first kappa shape index (κ1) is 30.7. The van der Waals surface area contributed by atoms with E-state index in [0.29, 0.717) is 45.2 Å². The number of hydrogen-bond donors (Lipinski definition) is 2. The average Bonchev–Trinajstić information content (AvgIpc) is 3.46. The minimum absolute atomic E-state index is 0.00172. The Labute approximate surface area is 239 Å².